The number of alkyl halides is 3. The predicted molar refractivity (Wildman–Crippen MR) is 180 cm³/mol. The molecule has 0 amide bonds. The van der Waals surface area contributed by atoms with Gasteiger partial charge >= 0.3 is 6.18 Å². The molecule has 0 unspecified atom stereocenters. The largest absolute Gasteiger partial charge is 0.420 e. The first-order chi connectivity index (χ1) is 22.3. The van der Waals surface area contributed by atoms with Crippen LogP contribution in [0.15, 0.2) is 121 Å². The summed E-state index contributed by atoms with van der Waals surface area (Å²) in [5.41, 5.74) is 5.32. The van der Waals surface area contributed by atoms with E-state index in [0.29, 0.717) is 38.8 Å². The molecule has 2 aromatic heterocycles. The van der Waals surface area contributed by atoms with Gasteiger partial charge in [-0.1, -0.05) is 78.9 Å². The van der Waals surface area contributed by atoms with Gasteiger partial charge < -0.3 is 9.13 Å². The van der Waals surface area contributed by atoms with Crippen molar-refractivity contribution in [1.82, 2.24) is 9.13 Å². The first-order valence-electron chi connectivity index (χ1n) is 15.0. The number of aryl methyl sites for hydroxylation is 2. The van der Waals surface area contributed by atoms with Crippen LogP contribution in [0.4, 0.5) is 13.2 Å². The van der Waals surface area contributed by atoms with Gasteiger partial charge in [0, 0.05) is 27.1 Å². The summed E-state index contributed by atoms with van der Waals surface area (Å²) >= 11 is 0. The van der Waals surface area contributed by atoms with Crippen molar-refractivity contribution in [2.24, 2.45) is 0 Å². The van der Waals surface area contributed by atoms with E-state index in [0.717, 1.165) is 32.7 Å². The van der Waals surface area contributed by atoms with E-state index in [1.54, 1.807) is 45.5 Å². The van der Waals surface area contributed by atoms with E-state index in [-0.39, 0.29) is 11.4 Å². The van der Waals surface area contributed by atoms with Gasteiger partial charge in [0.25, 0.3) is 0 Å². The second kappa shape index (κ2) is 10.1. The molecule has 0 N–H and O–H groups in total. The number of benzene rings is 6. The van der Waals surface area contributed by atoms with Gasteiger partial charge in [-0.3, -0.25) is 0 Å². The monoisotopic (exact) mass is 605 g/mol. The van der Waals surface area contributed by atoms with Gasteiger partial charge in [-0.2, -0.15) is 18.4 Å². The molecule has 6 heteroatoms. The number of nitrogens with zero attached hydrogens (tertiary/aromatic N) is 3. The molecule has 0 fully saturated rings. The quantitative estimate of drug-likeness (QED) is 0.197. The summed E-state index contributed by atoms with van der Waals surface area (Å²) in [5, 5.41) is 13.3. The van der Waals surface area contributed by atoms with E-state index in [1.807, 2.05) is 98.8 Å². The third-order valence-electron chi connectivity index (χ3n) is 9.02. The molecule has 3 nitrogen and oxygen atoms in total. The Morgan fingerprint density at radius 3 is 1.74 bits per heavy atom. The Balaban J connectivity index is 1.63. The molecule has 0 bridgehead atoms. The Kier molecular flexibility index (Phi) is 6.10. The predicted octanol–water partition coefficient (Wildman–Crippen LogP) is 11.1. The second-order valence-electron chi connectivity index (χ2n) is 11.7. The van der Waals surface area contributed by atoms with Gasteiger partial charge in [-0.05, 0) is 73.0 Å². The minimum Gasteiger partial charge on any atom is -0.309 e. The molecular formula is C40H26F3N3. The topological polar surface area (TPSA) is 33.6 Å². The second-order valence-corrected chi connectivity index (χ2v) is 11.7. The fourth-order valence-electron chi connectivity index (χ4n) is 7.17. The van der Waals surface area contributed by atoms with Crippen LogP contribution in [0, 0.1) is 25.2 Å². The summed E-state index contributed by atoms with van der Waals surface area (Å²) in [6, 6.07) is 39.0. The Bertz CT molecular complexity index is 2560. The summed E-state index contributed by atoms with van der Waals surface area (Å²) in [6.07, 6.45) is -4.75. The maximum atomic E-state index is 16.0. The van der Waals surface area contributed by atoms with E-state index in [9.17, 15) is 5.26 Å². The highest BCUT2D eigenvalue weighted by atomic mass is 19.4. The summed E-state index contributed by atoms with van der Waals surface area (Å²) < 4.78 is 51.6. The number of hydrogen-bond acceptors (Lipinski definition) is 1. The first-order valence-corrected chi connectivity index (χ1v) is 15.0. The highest BCUT2D eigenvalue weighted by molar-refractivity contribution is 6.13. The van der Waals surface area contributed by atoms with Crippen LogP contribution in [0.5, 0.6) is 0 Å². The van der Waals surface area contributed by atoms with E-state index < -0.39 is 11.7 Å². The van der Waals surface area contributed by atoms with Crippen molar-refractivity contribution in [1.29, 1.82) is 5.26 Å². The number of halogens is 3. The van der Waals surface area contributed by atoms with Crippen molar-refractivity contribution in [3.05, 3.63) is 144 Å². The van der Waals surface area contributed by atoms with Crippen molar-refractivity contribution in [2.75, 3.05) is 0 Å². The smallest absolute Gasteiger partial charge is 0.309 e. The van der Waals surface area contributed by atoms with Crippen LogP contribution in [0.2, 0.25) is 0 Å². The lowest BCUT2D eigenvalue weighted by Gasteiger charge is -2.24. The third-order valence-corrected chi connectivity index (χ3v) is 9.02. The van der Waals surface area contributed by atoms with Gasteiger partial charge in [0.1, 0.15) is 5.56 Å². The molecule has 0 saturated heterocycles. The fourth-order valence-corrected chi connectivity index (χ4v) is 7.17. The van der Waals surface area contributed by atoms with Gasteiger partial charge in [-0.25, -0.2) is 0 Å². The molecule has 2 heterocycles. The zero-order valence-electron chi connectivity index (χ0n) is 25.0. The van der Waals surface area contributed by atoms with Crippen LogP contribution in [0.3, 0.4) is 0 Å². The van der Waals surface area contributed by atoms with Crippen LogP contribution in [0.1, 0.15) is 22.3 Å². The van der Waals surface area contributed by atoms with Gasteiger partial charge in [0.2, 0.25) is 0 Å². The molecule has 8 aromatic rings. The average Bonchev–Trinajstić information content (AvgIpc) is 3.58. The molecule has 46 heavy (non-hydrogen) atoms. The highest BCUT2D eigenvalue weighted by Crippen LogP contribution is 2.48. The zero-order valence-corrected chi connectivity index (χ0v) is 25.0. The summed E-state index contributed by atoms with van der Waals surface area (Å²) in [5.74, 6) is 0. The Hall–Kier alpha value is -5.80. The zero-order chi connectivity index (χ0) is 31.7. The SMILES string of the molecule is Cc1cccc2c1c1ccccc1n2-c1ccc(-c2cccc(C#N)c2)c(-n2c3ccccc3c3c(C)cccc32)c1C(F)(F)F. The van der Waals surface area contributed by atoms with Gasteiger partial charge in [0.15, 0.2) is 0 Å². The van der Waals surface area contributed by atoms with Crippen LogP contribution < -0.4 is 0 Å². The molecule has 222 valence electrons. The van der Waals surface area contributed by atoms with E-state index in [4.69, 9.17) is 0 Å². The maximum Gasteiger partial charge on any atom is 0.420 e. The lowest BCUT2D eigenvalue weighted by molar-refractivity contribution is -0.137. The number of aromatic nitrogens is 2. The molecular weight excluding hydrogens is 579 g/mol. The standard InChI is InChI=1S/C40H26F3N3/c1-24-10-7-18-33-36(24)29-14-3-5-16-31(29)45(33)35-21-20-28(27-13-9-12-26(22-27)23-44)39(38(35)40(41,42)43)46-32-17-6-4-15-30(32)37-25(2)11-8-19-34(37)46/h3-22H,1-2H3. The fraction of sp³-hybridized carbons (Fsp3) is 0.0750. The number of para-hydroxylation sites is 2. The normalized spacial score (nSPS) is 12.0. The molecule has 0 saturated carbocycles. The van der Waals surface area contributed by atoms with E-state index in [1.165, 1.54) is 0 Å². The molecule has 0 aliphatic heterocycles. The van der Waals surface area contributed by atoms with Crippen molar-refractivity contribution in [2.45, 2.75) is 20.0 Å². The lowest BCUT2D eigenvalue weighted by atomic mass is 9.96. The molecule has 6 aromatic carbocycles. The molecule has 0 aliphatic rings. The number of fused-ring (bicyclic) bond motifs is 6. The Morgan fingerprint density at radius 1 is 0.587 bits per heavy atom. The first kappa shape index (κ1) is 27.7. The van der Waals surface area contributed by atoms with Crippen molar-refractivity contribution in [3.63, 3.8) is 0 Å². The number of hydrogen-bond donors (Lipinski definition) is 0. The number of nitriles is 1. The Morgan fingerprint density at radius 2 is 1.13 bits per heavy atom. The van der Waals surface area contributed by atoms with E-state index >= 15 is 13.2 Å². The van der Waals surface area contributed by atoms with E-state index in [2.05, 4.69) is 6.07 Å². The van der Waals surface area contributed by atoms with Crippen LogP contribution in [-0.2, 0) is 6.18 Å². The molecule has 0 aliphatic carbocycles. The summed E-state index contributed by atoms with van der Waals surface area (Å²) in [6.45, 7) is 3.97. The van der Waals surface area contributed by atoms with Crippen molar-refractivity contribution >= 4 is 43.6 Å². The Labute approximate surface area is 263 Å². The summed E-state index contributed by atoms with van der Waals surface area (Å²) in [4.78, 5) is 0. The third kappa shape index (κ3) is 3.98. The van der Waals surface area contributed by atoms with Crippen LogP contribution in [-0.4, -0.2) is 9.13 Å². The van der Waals surface area contributed by atoms with Crippen molar-refractivity contribution in [3.8, 4) is 28.6 Å². The number of rotatable bonds is 3. The molecule has 8 rings (SSSR count). The molecule has 0 radical (unpaired) electrons. The minimum atomic E-state index is -4.75. The average molecular weight is 606 g/mol. The molecule has 0 spiro atoms. The van der Waals surface area contributed by atoms with Gasteiger partial charge in [-0.15, -0.1) is 0 Å². The van der Waals surface area contributed by atoms with Crippen molar-refractivity contribution < 1.29 is 13.2 Å². The maximum absolute atomic E-state index is 16.0. The molecule has 0 atom stereocenters. The van der Waals surface area contributed by atoms with Crippen LogP contribution in [0.25, 0.3) is 66.1 Å². The highest BCUT2D eigenvalue weighted by Gasteiger charge is 2.40. The van der Waals surface area contributed by atoms with Crippen LogP contribution >= 0.6 is 0 Å². The summed E-state index contributed by atoms with van der Waals surface area (Å²) in [7, 11) is 0. The van der Waals surface area contributed by atoms with Gasteiger partial charge in [0.05, 0.1) is 45.1 Å². The minimum absolute atomic E-state index is 0.0236. The lowest BCUT2D eigenvalue weighted by Crippen LogP contribution is -2.16.